The van der Waals surface area contributed by atoms with Crippen molar-refractivity contribution in [2.24, 2.45) is 0 Å². The highest BCUT2D eigenvalue weighted by Crippen LogP contribution is 2.41. The number of carbonyl (C=O) groups is 1. The molecular weight excluding hydrogens is 475 g/mol. The van der Waals surface area contributed by atoms with Crippen molar-refractivity contribution in [3.8, 4) is 11.3 Å². The first-order valence-electron chi connectivity index (χ1n) is 12.9. The number of rotatable bonds is 5. The van der Waals surface area contributed by atoms with Gasteiger partial charge in [0.15, 0.2) is 5.65 Å². The van der Waals surface area contributed by atoms with Gasteiger partial charge in [-0.2, -0.15) is 5.10 Å². The summed E-state index contributed by atoms with van der Waals surface area (Å²) in [4.78, 5) is 26.4. The molecule has 6 rings (SSSR count). The topological polar surface area (TPSA) is 69.5 Å². The minimum Gasteiger partial charge on any atom is -0.354 e. The molecule has 1 aliphatic carbocycles. The maximum Gasteiger partial charge on any atom is 0.264 e. The van der Waals surface area contributed by atoms with Crippen LogP contribution in [0.2, 0.25) is 0 Å². The van der Waals surface area contributed by atoms with E-state index in [2.05, 4.69) is 46.8 Å². The Kier molecular flexibility index (Phi) is 5.87. The second kappa shape index (κ2) is 8.95. The zero-order chi connectivity index (χ0) is 25.1. The number of thiophene rings is 1. The zero-order valence-corrected chi connectivity index (χ0v) is 22.1. The highest BCUT2D eigenvalue weighted by atomic mass is 32.1. The highest BCUT2D eigenvalue weighted by Gasteiger charge is 2.36. The molecule has 0 unspecified atom stereocenters. The van der Waals surface area contributed by atoms with Crippen molar-refractivity contribution in [3.63, 3.8) is 0 Å². The number of aromatic amines is 1. The fraction of sp³-hybridized carbons (Fsp3) is 0.519. The number of likely N-dealkylation sites (tertiary alicyclic amines) is 1. The molecule has 4 aromatic rings. The summed E-state index contributed by atoms with van der Waals surface area (Å²) in [7, 11) is 1.94. The van der Waals surface area contributed by atoms with E-state index in [4.69, 9.17) is 0 Å². The van der Waals surface area contributed by atoms with Crippen LogP contribution in [0, 0.1) is 6.92 Å². The van der Waals surface area contributed by atoms with Gasteiger partial charge in [-0.05, 0) is 61.8 Å². The summed E-state index contributed by atoms with van der Waals surface area (Å²) in [6.45, 7) is 7.61. The second-order valence-electron chi connectivity index (χ2n) is 10.8. The normalized spacial score (nSPS) is 21.5. The monoisotopic (exact) mass is 508 g/mol. The molecule has 1 amide bonds. The minimum atomic E-state index is -0.652. The Hall–Kier alpha value is -2.78. The predicted octanol–water partition coefficient (Wildman–Crippen LogP) is 5.41. The van der Waals surface area contributed by atoms with Crippen molar-refractivity contribution in [3.05, 3.63) is 40.7 Å². The number of nitrogens with one attached hydrogen (secondary N) is 1. The van der Waals surface area contributed by atoms with Crippen LogP contribution in [0.4, 0.5) is 4.39 Å². The van der Waals surface area contributed by atoms with Gasteiger partial charge in [0.1, 0.15) is 12.5 Å². The number of fused-ring (bicyclic) bond motifs is 2. The largest absolute Gasteiger partial charge is 0.354 e. The van der Waals surface area contributed by atoms with Gasteiger partial charge in [-0.3, -0.25) is 9.69 Å². The number of carbonyl (C=O) groups excluding carboxylic acids is 1. The van der Waals surface area contributed by atoms with Crippen molar-refractivity contribution in [1.29, 1.82) is 0 Å². The molecule has 36 heavy (non-hydrogen) atoms. The van der Waals surface area contributed by atoms with Crippen LogP contribution < -0.4 is 0 Å². The highest BCUT2D eigenvalue weighted by molar-refractivity contribution is 7.21. The summed E-state index contributed by atoms with van der Waals surface area (Å²) >= 11 is 1.59. The van der Waals surface area contributed by atoms with Gasteiger partial charge >= 0.3 is 0 Å². The number of H-pyrrole nitrogens is 1. The molecule has 9 heteroatoms. The van der Waals surface area contributed by atoms with Gasteiger partial charge in [0.25, 0.3) is 5.91 Å². The fourth-order valence-electron chi connectivity index (χ4n) is 6.02. The summed E-state index contributed by atoms with van der Waals surface area (Å²) in [5.74, 6) is 0.387. The molecule has 1 aliphatic heterocycles. The first kappa shape index (κ1) is 23.6. The van der Waals surface area contributed by atoms with E-state index in [1.54, 1.807) is 17.7 Å². The Morgan fingerprint density at radius 1 is 1.22 bits per heavy atom. The van der Waals surface area contributed by atoms with Crippen molar-refractivity contribution in [2.45, 2.75) is 70.6 Å². The van der Waals surface area contributed by atoms with Gasteiger partial charge in [0, 0.05) is 44.0 Å². The fourth-order valence-corrected chi connectivity index (χ4v) is 7.31. The minimum absolute atomic E-state index is 0.0944. The number of aryl methyl sites for hydroxylation is 1. The van der Waals surface area contributed by atoms with Crippen LogP contribution in [-0.2, 0) is 0 Å². The summed E-state index contributed by atoms with van der Waals surface area (Å²) in [6, 6.07) is 4.88. The third kappa shape index (κ3) is 3.93. The van der Waals surface area contributed by atoms with E-state index in [1.165, 1.54) is 5.56 Å². The van der Waals surface area contributed by atoms with Crippen molar-refractivity contribution < 1.29 is 9.18 Å². The molecule has 0 spiro atoms. The lowest BCUT2D eigenvalue weighted by molar-refractivity contribution is 0.00469. The van der Waals surface area contributed by atoms with Gasteiger partial charge in [0.05, 0.1) is 20.8 Å². The Balaban J connectivity index is 1.24. The van der Waals surface area contributed by atoms with E-state index in [-0.39, 0.29) is 11.9 Å². The lowest BCUT2D eigenvalue weighted by Crippen LogP contribution is -2.55. The van der Waals surface area contributed by atoms with E-state index in [0.29, 0.717) is 25.0 Å². The molecule has 0 atom stereocenters. The average Bonchev–Trinajstić information content (AvgIpc) is 3.55. The summed E-state index contributed by atoms with van der Waals surface area (Å²) < 4.78 is 16.2. The van der Waals surface area contributed by atoms with E-state index in [9.17, 15) is 9.18 Å². The molecule has 2 aliphatic rings. The predicted molar refractivity (Wildman–Crippen MR) is 142 cm³/mol. The summed E-state index contributed by atoms with van der Waals surface area (Å²) in [5.41, 5.74) is 6.33. The maximum absolute atomic E-state index is 13.5. The SMILES string of the molecule is Cc1cc(-c2[nH]c3cc(C(=O)N(C)C4CCC(N5CC(F)C5)CC4)sc3c2C(C)C)cn2ncnc12. The smallest absolute Gasteiger partial charge is 0.264 e. The number of hydrogen-bond acceptors (Lipinski definition) is 5. The van der Waals surface area contributed by atoms with Crippen LogP contribution in [0.5, 0.6) is 0 Å². The van der Waals surface area contributed by atoms with Gasteiger partial charge in [-0.1, -0.05) is 13.8 Å². The molecule has 5 heterocycles. The Labute approximate surface area is 214 Å². The molecule has 0 bridgehead atoms. The Morgan fingerprint density at radius 3 is 2.67 bits per heavy atom. The maximum atomic E-state index is 13.5. The van der Waals surface area contributed by atoms with Crippen molar-refractivity contribution in [1.82, 2.24) is 29.4 Å². The van der Waals surface area contributed by atoms with Crippen LogP contribution in [0.1, 0.15) is 66.2 Å². The Bertz CT molecular complexity index is 1420. The van der Waals surface area contributed by atoms with Gasteiger partial charge in [-0.15, -0.1) is 11.3 Å². The third-order valence-electron chi connectivity index (χ3n) is 8.06. The number of alkyl halides is 1. The number of aromatic nitrogens is 4. The summed E-state index contributed by atoms with van der Waals surface area (Å²) in [5, 5.41) is 4.33. The van der Waals surface area contributed by atoms with E-state index in [0.717, 1.165) is 63.2 Å². The first-order valence-corrected chi connectivity index (χ1v) is 13.7. The standard InChI is InChI=1S/C27H33FN6OS/c1-15(2)23-24(17-9-16(3)26-29-14-30-34(26)11-17)31-21-10-22(36-25(21)23)27(35)32(4)19-5-7-20(8-6-19)33-12-18(28)13-33/h9-11,14-15,18-20,31H,5-8,12-13H2,1-4H3. The van der Waals surface area contributed by atoms with E-state index < -0.39 is 6.17 Å². The molecule has 0 radical (unpaired) electrons. The second-order valence-corrected chi connectivity index (χ2v) is 11.8. The molecule has 1 saturated carbocycles. The zero-order valence-electron chi connectivity index (χ0n) is 21.3. The molecule has 1 saturated heterocycles. The number of hydrogen-bond donors (Lipinski definition) is 1. The molecular formula is C27H33FN6OS. The first-order chi connectivity index (χ1) is 17.3. The molecule has 0 aromatic carbocycles. The van der Waals surface area contributed by atoms with Crippen molar-refractivity contribution >= 4 is 33.1 Å². The van der Waals surface area contributed by atoms with Gasteiger partial charge in [-0.25, -0.2) is 13.9 Å². The quantitative estimate of drug-likeness (QED) is 0.392. The summed E-state index contributed by atoms with van der Waals surface area (Å²) in [6.07, 6.45) is 6.98. The third-order valence-corrected chi connectivity index (χ3v) is 9.21. The van der Waals surface area contributed by atoms with Gasteiger partial charge < -0.3 is 9.88 Å². The number of pyridine rings is 1. The molecule has 2 fully saturated rings. The van der Waals surface area contributed by atoms with E-state index in [1.807, 2.05) is 28.7 Å². The van der Waals surface area contributed by atoms with Crippen LogP contribution in [0.25, 0.3) is 27.1 Å². The number of nitrogens with zero attached hydrogens (tertiary/aromatic N) is 5. The average molecular weight is 509 g/mol. The molecule has 7 nitrogen and oxygen atoms in total. The Morgan fingerprint density at radius 2 is 1.97 bits per heavy atom. The van der Waals surface area contributed by atoms with Crippen LogP contribution in [-0.4, -0.2) is 73.7 Å². The van der Waals surface area contributed by atoms with Crippen molar-refractivity contribution in [2.75, 3.05) is 20.1 Å². The lowest BCUT2D eigenvalue weighted by atomic mass is 9.88. The molecule has 190 valence electrons. The number of amides is 1. The lowest BCUT2D eigenvalue weighted by Gasteiger charge is -2.44. The molecule has 1 N–H and O–H groups in total. The van der Waals surface area contributed by atoms with Crippen LogP contribution >= 0.6 is 11.3 Å². The van der Waals surface area contributed by atoms with E-state index >= 15 is 0 Å². The van der Waals surface area contributed by atoms with Crippen LogP contribution in [0.15, 0.2) is 24.7 Å². The number of halogens is 1. The van der Waals surface area contributed by atoms with Crippen LogP contribution in [0.3, 0.4) is 0 Å². The molecule has 4 aromatic heterocycles. The van der Waals surface area contributed by atoms with Gasteiger partial charge in [0.2, 0.25) is 0 Å².